The number of benzene rings is 2. The predicted molar refractivity (Wildman–Crippen MR) is 115 cm³/mol. The Kier molecular flexibility index (Phi) is 6.37. The van der Waals surface area contributed by atoms with Crippen LogP contribution in [0, 0.1) is 17.0 Å². The molecule has 0 atom stereocenters. The van der Waals surface area contributed by atoms with E-state index in [-0.39, 0.29) is 11.6 Å². The maximum atomic E-state index is 15.2. The first-order valence-electron chi connectivity index (χ1n) is 10.7. The first-order valence-corrected chi connectivity index (χ1v) is 10.7. The third kappa shape index (κ3) is 4.06. The Morgan fingerprint density at radius 2 is 1.71 bits per heavy atom. The van der Waals surface area contributed by atoms with Gasteiger partial charge in [0.1, 0.15) is 11.6 Å². The summed E-state index contributed by atoms with van der Waals surface area (Å²) >= 11 is 0. The van der Waals surface area contributed by atoms with Crippen LogP contribution in [0.1, 0.15) is 76.0 Å². The minimum atomic E-state index is -0.366. The van der Waals surface area contributed by atoms with E-state index in [0.717, 1.165) is 12.0 Å². The summed E-state index contributed by atoms with van der Waals surface area (Å²) < 4.78 is 29.7. The molecule has 1 aliphatic rings. The largest absolute Gasteiger partial charge is 0.207 e. The number of hydrogen-bond donors (Lipinski definition) is 0. The number of rotatable bonds is 7. The number of hydrogen-bond acceptors (Lipinski definition) is 0. The van der Waals surface area contributed by atoms with Crippen molar-refractivity contribution >= 4 is 5.57 Å². The second-order valence-electron chi connectivity index (χ2n) is 8.46. The maximum absolute atomic E-state index is 15.2. The van der Waals surface area contributed by atoms with E-state index >= 15 is 4.39 Å². The maximum Gasteiger partial charge on any atom is 0.138 e. The molecule has 1 aliphatic carbocycles. The molecule has 0 radical (unpaired) electrons. The third-order valence-corrected chi connectivity index (χ3v) is 6.72. The molecule has 0 heterocycles. The molecule has 2 aromatic rings. The number of aryl methyl sites for hydroxylation is 1. The lowest BCUT2D eigenvalue weighted by atomic mass is 9.78. The minimum Gasteiger partial charge on any atom is -0.207 e. The molecule has 0 amide bonds. The van der Waals surface area contributed by atoms with E-state index in [4.69, 9.17) is 0 Å². The Bertz CT molecular complexity index is 840. The van der Waals surface area contributed by atoms with E-state index in [1.54, 1.807) is 6.92 Å². The molecule has 0 spiro atoms. The van der Waals surface area contributed by atoms with Crippen LogP contribution in [-0.4, -0.2) is 0 Å². The van der Waals surface area contributed by atoms with Crippen molar-refractivity contribution in [2.75, 3.05) is 0 Å². The lowest BCUT2D eigenvalue weighted by Gasteiger charge is -2.27. The lowest BCUT2D eigenvalue weighted by molar-refractivity contribution is 0.260. The quantitative estimate of drug-likeness (QED) is 0.453. The van der Waals surface area contributed by atoms with Crippen LogP contribution >= 0.6 is 0 Å². The van der Waals surface area contributed by atoms with Crippen molar-refractivity contribution in [1.29, 1.82) is 0 Å². The fourth-order valence-corrected chi connectivity index (χ4v) is 4.83. The SMILES string of the molecule is C=C(C)c1c(F)c(-c2ccc(CCC3(CC)CCCC3)cc2)cc(F)c1CC. The van der Waals surface area contributed by atoms with Gasteiger partial charge in [0, 0.05) is 11.1 Å². The highest BCUT2D eigenvalue weighted by Gasteiger charge is 2.31. The van der Waals surface area contributed by atoms with Gasteiger partial charge in [-0.3, -0.25) is 0 Å². The molecular weight excluding hydrogens is 350 g/mol. The zero-order chi connectivity index (χ0) is 20.3. The summed E-state index contributed by atoms with van der Waals surface area (Å²) in [5.74, 6) is -0.721. The molecule has 150 valence electrons. The summed E-state index contributed by atoms with van der Waals surface area (Å²) in [6.07, 6.45) is 9.38. The van der Waals surface area contributed by atoms with E-state index in [2.05, 4.69) is 25.6 Å². The Balaban J connectivity index is 1.84. The van der Waals surface area contributed by atoms with Gasteiger partial charge in [0.05, 0.1) is 0 Å². The first-order chi connectivity index (χ1) is 13.4. The van der Waals surface area contributed by atoms with Crippen molar-refractivity contribution in [3.05, 3.63) is 65.2 Å². The first kappa shape index (κ1) is 20.8. The Morgan fingerprint density at radius 3 is 2.25 bits per heavy atom. The molecule has 0 bridgehead atoms. The normalized spacial score (nSPS) is 15.8. The molecule has 0 saturated heterocycles. The van der Waals surface area contributed by atoms with Crippen molar-refractivity contribution in [3.8, 4) is 11.1 Å². The van der Waals surface area contributed by atoms with Gasteiger partial charge in [-0.1, -0.05) is 64.0 Å². The summed E-state index contributed by atoms with van der Waals surface area (Å²) in [5, 5.41) is 0. The van der Waals surface area contributed by atoms with Crippen LogP contribution in [0.25, 0.3) is 16.7 Å². The smallest absolute Gasteiger partial charge is 0.138 e. The Hall–Kier alpha value is -1.96. The van der Waals surface area contributed by atoms with Crippen LogP contribution in [0.5, 0.6) is 0 Å². The number of halogens is 2. The van der Waals surface area contributed by atoms with Crippen LogP contribution in [0.4, 0.5) is 8.78 Å². The molecule has 0 aliphatic heterocycles. The van der Waals surface area contributed by atoms with Crippen LogP contribution in [0.3, 0.4) is 0 Å². The van der Waals surface area contributed by atoms with Gasteiger partial charge in [-0.2, -0.15) is 0 Å². The highest BCUT2D eigenvalue weighted by atomic mass is 19.1. The molecule has 0 N–H and O–H groups in total. The highest BCUT2D eigenvalue weighted by molar-refractivity contribution is 5.74. The molecule has 28 heavy (non-hydrogen) atoms. The molecular formula is C26H32F2. The average molecular weight is 383 g/mol. The summed E-state index contributed by atoms with van der Waals surface area (Å²) in [4.78, 5) is 0. The standard InChI is InChI=1S/C26H32F2/c1-5-21-23(27)17-22(25(28)24(21)18(3)4)20-11-9-19(10-12-20)13-16-26(6-2)14-7-8-15-26/h9-12,17H,3,5-8,13-16H2,1-2,4H3. The van der Waals surface area contributed by atoms with Gasteiger partial charge in [-0.05, 0) is 72.8 Å². The fourth-order valence-electron chi connectivity index (χ4n) is 4.83. The van der Waals surface area contributed by atoms with Gasteiger partial charge < -0.3 is 0 Å². The zero-order valence-corrected chi connectivity index (χ0v) is 17.5. The van der Waals surface area contributed by atoms with E-state index < -0.39 is 0 Å². The third-order valence-electron chi connectivity index (χ3n) is 6.72. The molecule has 0 aromatic heterocycles. The summed E-state index contributed by atoms with van der Waals surface area (Å²) in [7, 11) is 0. The van der Waals surface area contributed by atoms with Gasteiger partial charge in [-0.15, -0.1) is 0 Å². The topological polar surface area (TPSA) is 0 Å². The summed E-state index contributed by atoms with van der Waals surface area (Å²) in [5.41, 5.74) is 4.12. The predicted octanol–water partition coefficient (Wildman–Crippen LogP) is 8.13. The Morgan fingerprint density at radius 1 is 1.07 bits per heavy atom. The van der Waals surface area contributed by atoms with Gasteiger partial charge >= 0.3 is 0 Å². The second-order valence-corrected chi connectivity index (χ2v) is 8.46. The zero-order valence-electron chi connectivity index (χ0n) is 17.5. The van der Waals surface area contributed by atoms with Gasteiger partial charge in [0.2, 0.25) is 0 Å². The van der Waals surface area contributed by atoms with Crippen molar-refractivity contribution in [2.45, 2.75) is 72.1 Å². The molecule has 1 fully saturated rings. The van der Waals surface area contributed by atoms with Gasteiger partial charge in [0.15, 0.2) is 0 Å². The summed E-state index contributed by atoms with van der Waals surface area (Å²) in [6.45, 7) is 9.74. The van der Waals surface area contributed by atoms with E-state index in [1.807, 2.05) is 19.1 Å². The van der Waals surface area contributed by atoms with Crippen molar-refractivity contribution < 1.29 is 8.78 Å². The van der Waals surface area contributed by atoms with Crippen molar-refractivity contribution in [1.82, 2.24) is 0 Å². The second kappa shape index (κ2) is 8.59. The Labute approximate surface area is 168 Å². The van der Waals surface area contributed by atoms with Gasteiger partial charge in [-0.25, -0.2) is 8.78 Å². The number of allylic oxidation sites excluding steroid dienone is 1. The molecule has 2 heteroatoms. The van der Waals surface area contributed by atoms with E-state index in [9.17, 15) is 4.39 Å². The van der Waals surface area contributed by atoms with Crippen LogP contribution in [0.15, 0.2) is 36.9 Å². The molecule has 1 saturated carbocycles. The molecule has 2 aromatic carbocycles. The monoisotopic (exact) mass is 382 g/mol. The van der Waals surface area contributed by atoms with Crippen LogP contribution in [0.2, 0.25) is 0 Å². The minimum absolute atomic E-state index is 0.320. The molecule has 0 nitrogen and oxygen atoms in total. The summed E-state index contributed by atoms with van der Waals surface area (Å²) in [6, 6.07) is 9.32. The lowest BCUT2D eigenvalue weighted by Crippen LogP contribution is -2.15. The van der Waals surface area contributed by atoms with Crippen molar-refractivity contribution in [2.24, 2.45) is 5.41 Å². The van der Waals surface area contributed by atoms with Crippen LogP contribution in [-0.2, 0) is 12.8 Å². The average Bonchev–Trinajstić information content (AvgIpc) is 3.17. The van der Waals surface area contributed by atoms with E-state index in [0.29, 0.717) is 34.1 Å². The van der Waals surface area contributed by atoms with Gasteiger partial charge in [0.25, 0.3) is 0 Å². The van der Waals surface area contributed by atoms with E-state index in [1.165, 1.54) is 50.2 Å². The molecule has 0 unspecified atom stereocenters. The molecule has 3 rings (SSSR count). The fraction of sp³-hybridized carbons (Fsp3) is 0.462. The highest BCUT2D eigenvalue weighted by Crippen LogP contribution is 2.44. The van der Waals surface area contributed by atoms with Crippen molar-refractivity contribution in [3.63, 3.8) is 0 Å². The van der Waals surface area contributed by atoms with Crippen LogP contribution < -0.4 is 0 Å².